The molecule has 8 heteroatoms. The van der Waals surface area contributed by atoms with Gasteiger partial charge in [-0.25, -0.2) is 8.42 Å². The zero-order valence-corrected chi connectivity index (χ0v) is 18.1. The molecule has 158 valence electrons. The summed E-state index contributed by atoms with van der Waals surface area (Å²) < 4.78 is 36.8. The average Bonchev–Trinajstić information content (AvgIpc) is 2.66. The zero-order chi connectivity index (χ0) is 21.4. The molecule has 7 nitrogen and oxygen atoms in total. The Kier molecular flexibility index (Phi) is 7.90. The van der Waals surface area contributed by atoms with Gasteiger partial charge in [-0.15, -0.1) is 0 Å². The Hall–Kier alpha value is -2.74. The van der Waals surface area contributed by atoms with Gasteiger partial charge in [0.2, 0.25) is 15.9 Å². The minimum atomic E-state index is -3.68. The maximum absolute atomic E-state index is 12.4. The smallest absolute Gasteiger partial charge is 0.240 e. The summed E-state index contributed by atoms with van der Waals surface area (Å²) in [5.74, 6) is 0.750. The van der Waals surface area contributed by atoms with E-state index in [4.69, 9.17) is 9.47 Å². The molecule has 0 radical (unpaired) electrons. The van der Waals surface area contributed by atoms with Gasteiger partial charge in [0, 0.05) is 0 Å². The average molecular weight is 421 g/mol. The number of carbonyl (C=O) groups excluding carboxylic acids is 1. The summed E-state index contributed by atoms with van der Waals surface area (Å²) in [6, 6.07) is 12.7. The number of sulfonamides is 1. The number of para-hydroxylation sites is 2. The molecule has 0 aliphatic carbocycles. The Balaban J connectivity index is 1.98. The van der Waals surface area contributed by atoms with Crippen molar-refractivity contribution in [3.63, 3.8) is 0 Å². The molecule has 2 rings (SSSR count). The number of amides is 1. The van der Waals surface area contributed by atoms with Crippen molar-refractivity contribution in [2.45, 2.75) is 20.8 Å². The maximum atomic E-state index is 12.4. The van der Waals surface area contributed by atoms with Crippen LogP contribution < -0.4 is 19.1 Å². The lowest BCUT2D eigenvalue weighted by Gasteiger charge is -2.24. The summed E-state index contributed by atoms with van der Waals surface area (Å²) in [7, 11) is -3.68. The Morgan fingerprint density at radius 2 is 1.79 bits per heavy atom. The number of nitrogens with one attached hydrogen (secondary N) is 1. The van der Waals surface area contributed by atoms with Crippen LogP contribution in [0.1, 0.15) is 18.1 Å². The highest BCUT2D eigenvalue weighted by atomic mass is 32.2. The number of nitrogens with zero attached hydrogens (tertiary/aromatic N) is 1. The first kappa shape index (κ1) is 22.5. The molecule has 0 aliphatic rings. The van der Waals surface area contributed by atoms with E-state index in [1.807, 2.05) is 39.0 Å². The number of anilines is 1. The number of hydrogen-bond acceptors (Lipinski definition) is 5. The normalized spacial score (nSPS) is 11.0. The van der Waals surface area contributed by atoms with Crippen molar-refractivity contribution in [3.05, 3.63) is 53.6 Å². The van der Waals surface area contributed by atoms with Gasteiger partial charge in [0.15, 0.2) is 0 Å². The fourth-order valence-corrected chi connectivity index (χ4v) is 3.58. The molecule has 2 aromatic carbocycles. The monoisotopic (exact) mass is 420 g/mol. The lowest BCUT2D eigenvalue weighted by molar-refractivity contribution is -0.119. The molecule has 0 heterocycles. The zero-order valence-electron chi connectivity index (χ0n) is 17.3. The van der Waals surface area contributed by atoms with Crippen LogP contribution in [0.2, 0.25) is 0 Å². The molecule has 0 unspecified atom stereocenters. The van der Waals surface area contributed by atoms with Crippen LogP contribution in [-0.4, -0.2) is 46.9 Å². The van der Waals surface area contributed by atoms with E-state index in [0.29, 0.717) is 18.0 Å². The van der Waals surface area contributed by atoms with Crippen LogP contribution in [0.5, 0.6) is 11.5 Å². The maximum Gasteiger partial charge on any atom is 0.240 e. The summed E-state index contributed by atoms with van der Waals surface area (Å²) in [5.41, 5.74) is 2.43. The third-order valence-electron chi connectivity index (χ3n) is 4.15. The molecule has 2 aromatic rings. The first-order chi connectivity index (χ1) is 13.7. The van der Waals surface area contributed by atoms with Gasteiger partial charge in [0.25, 0.3) is 0 Å². The van der Waals surface area contributed by atoms with Crippen LogP contribution in [0.15, 0.2) is 42.5 Å². The van der Waals surface area contributed by atoms with E-state index in [1.54, 1.807) is 24.3 Å². The second kappa shape index (κ2) is 10.2. The van der Waals surface area contributed by atoms with Gasteiger partial charge in [-0.3, -0.25) is 9.10 Å². The van der Waals surface area contributed by atoms with Gasteiger partial charge < -0.3 is 14.8 Å². The van der Waals surface area contributed by atoms with Crippen LogP contribution in [0, 0.1) is 13.8 Å². The molecule has 0 saturated heterocycles. The highest BCUT2D eigenvalue weighted by Gasteiger charge is 2.23. The van der Waals surface area contributed by atoms with Gasteiger partial charge in [-0.1, -0.05) is 24.3 Å². The van der Waals surface area contributed by atoms with Crippen molar-refractivity contribution >= 4 is 21.6 Å². The van der Waals surface area contributed by atoms with E-state index in [1.165, 1.54) is 0 Å². The number of carbonyl (C=O) groups is 1. The summed E-state index contributed by atoms with van der Waals surface area (Å²) in [6.07, 6.45) is 1.06. The SMILES string of the molecule is CCOc1ccccc1N(CC(=O)NCCOc1cc(C)ccc1C)S(C)(=O)=O. The van der Waals surface area contributed by atoms with E-state index >= 15 is 0 Å². The standard InChI is InChI=1S/C21H28N2O5S/c1-5-27-19-9-7-6-8-18(19)23(29(4,25)26)15-21(24)22-12-13-28-20-14-16(2)10-11-17(20)3/h6-11,14H,5,12-13,15H2,1-4H3,(H,22,24). The molecule has 0 saturated carbocycles. The van der Waals surface area contributed by atoms with E-state index < -0.39 is 15.9 Å². The summed E-state index contributed by atoms with van der Waals surface area (Å²) in [4.78, 5) is 12.4. The van der Waals surface area contributed by atoms with Crippen LogP contribution in [0.3, 0.4) is 0 Å². The molecule has 0 bridgehead atoms. The van der Waals surface area contributed by atoms with Crippen LogP contribution in [-0.2, 0) is 14.8 Å². The fourth-order valence-electron chi connectivity index (χ4n) is 2.72. The molecule has 29 heavy (non-hydrogen) atoms. The van der Waals surface area contributed by atoms with Crippen LogP contribution in [0.25, 0.3) is 0 Å². The van der Waals surface area contributed by atoms with Crippen molar-refractivity contribution in [3.8, 4) is 11.5 Å². The first-order valence-corrected chi connectivity index (χ1v) is 11.2. The number of benzene rings is 2. The van der Waals surface area contributed by atoms with E-state index in [-0.39, 0.29) is 19.7 Å². The summed E-state index contributed by atoms with van der Waals surface area (Å²) in [5, 5.41) is 2.70. The van der Waals surface area contributed by atoms with Gasteiger partial charge in [0.1, 0.15) is 24.7 Å². The molecule has 0 aromatic heterocycles. The Morgan fingerprint density at radius 1 is 1.07 bits per heavy atom. The number of hydrogen-bond donors (Lipinski definition) is 1. The molecule has 0 spiro atoms. The predicted molar refractivity (Wildman–Crippen MR) is 114 cm³/mol. The Labute approximate surface area is 172 Å². The Morgan fingerprint density at radius 3 is 2.48 bits per heavy atom. The summed E-state index contributed by atoms with van der Waals surface area (Å²) >= 11 is 0. The van der Waals surface area contributed by atoms with E-state index in [0.717, 1.165) is 27.4 Å². The third-order valence-corrected chi connectivity index (χ3v) is 5.27. The van der Waals surface area contributed by atoms with Gasteiger partial charge >= 0.3 is 0 Å². The van der Waals surface area contributed by atoms with Crippen molar-refractivity contribution in [2.75, 3.05) is 36.9 Å². The molecule has 1 N–H and O–H groups in total. The van der Waals surface area contributed by atoms with Crippen molar-refractivity contribution in [2.24, 2.45) is 0 Å². The van der Waals surface area contributed by atoms with Crippen LogP contribution >= 0.6 is 0 Å². The Bertz CT molecular complexity index is 944. The van der Waals surface area contributed by atoms with E-state index in [2.05, 4.69) is 5.32 Å². The lowest BCUT2D eigenvalue weighted by Crippen LogP contribution is -2.41. The topological polar surface area (TPSA) is 84.9 Å². The van der Waals surface area contributed by atoms with Crippen molar-refractivity contribution in [1.82, 2.24) is 5.32 Å². The highest BCUT2D eigenvalue weighted by Crippen LogP contribution is 2.29. The van der Waals surface area contributed by atoms with Gasteiger partial charge in [-0.2, -0.15) is 0 Å². The van der Waals surface area contributed by atoms with Crippen molar-refractivity contribution < 1.29 is 22.7 Å². The third kappa shape index (κ3) is 6.67. The molecule has 0 aliphatic heterocycles. The van der Waals surface area contributed by atoms with Gasteiger partial charge in [-0.05, 0) is 50.1 Å². The minimum absolute atomic E-state index is 0.261. The quantitative estimate of drug-likeness (QED) is 0.598. The van der Waals surface area contributed by atoms with Crippen LogP contribution in [0.4, 0.5) is 5.69 Å². The first-order valence-electron chi connectivity index (χ1n) is 9.38. The van der Waals surface area contributed by atoms with E-state index in [9.17, 15) is 13.2 Å². The fraction of sp³-hybridized carbons (Fsp3) is 0.381. The number of aryl methyl sites for hydroxylation is 2. The molecule has 0 atom stereocenters. The number of rotatable bonds is 10. The predicted octanol–water partition coefficient (Wildman–Crippen LogP) is 2.66. The molecule has 1 amide bonds. The van der Waals surface area contributed by atoms with Gasteiger partial charge in [0.05, 0.1) is 25.1 Å². The second-order valence-electron chi connectivity index (χ2n) is 6.64. The van der Waals surface area contributed by atoms with Crippen molar-refractivity contribution in [1.29, 1.82) is 0 Å². The molecular weight excluding hydrogens is 392 g/mol. The molecule has 0 fully saturated rings. The minimum Gasteiger partial charge on any atom is -0.492 e. The summed E-state index contributed by atoms with van der Waals surface area (Å²) in [6.45, 7) is 6.33. The second-order valence-corrected chi connectivity index (χ2v) is 8.54. The highest BCUT2D eigenvalue weighted by molar-refractivity contribution is 7.92. The largest absolute Gasteiger partial charge is 0.492 e. The number of ether oxygens (including phenoxy) is 2. The lowest BCUT2D eigenvalue weighted by atomic mass is 10.1. The molecular formula is C21H28N2O5S.